The Hall–Kier alpha value is -1.42. The van der Waals surface area contributed by atoms with E-state index in [1.54, 1.807) is 6.07 Å². The highest BCUT2D eigenvalue weighted by Crippen LogP contribution is 2.28. The molecule has 3 nitrogen and oxygen atoms in total. The van der Waals surface area contributed by atoms with E-state index in [2.05, 4.69) is 4.99 Å². The average Bonchev–Trinajstić information content (AvgIpc) is 2.56. The first-order valence-corrected chi connectivity index (χ1v) is 5.83. The van der Waals surface area contributed by atoms with Crippen LogP contribution in [-0.4, -0.2) is 19.0 Å². The van der Waals surface area contributed by atoms with Crippen LogP contribution in [0.4, 0.5) is 5.69 Å². The zero-order valence-corrected chi connectivity index (χ0v) is 9.38. The van der Waals surface area contributed by atoms with Gasteiger partial charge in [-0.05, 0) is 12.0 Å². The Kier molecular flexibility index (Phi) is 2.44. The minimum atomic E-state index is -2.22. The van der Waals surface area contributed by atoms with Crippen molar-refractivity contribution >= 4 is 26.6 Å². The number of benzene rings is 1. The summed E-state index contributed by atoms with van der Waals surface area (Å²) in [4.78, 5) is 4.69. The van der Waals surface area contributed by atoms with E-state index >= 15 is 0 Å². The van der Waals surface area contributed by atoms with Crippen molar-refractivity contribution in [3.8, 4) is 0 Å². The number of rotatable bonds is 1. The van der Waals surface area contributed by atoms with Crippen LogP contribution in [0.1, 0.15) is 19.4 Å². The maximum Gasteiger partial charge on any atom is 0.224 e. The quantitative estimate of drug-likeness (QED) is 0.679. The molecule has 0 aliphatic carbocycles. The highest BCUT2D eigenvalue weighted by Gasteiger charge is 2.25. The molecule has 0 saturated heterocycles. The molecule has 0 amide bonds. The summed E-state index contributed by atoms with van der Waals surface area (Å²) in [5, 5.41) is 0. The highest BCUT2D eigenvalue weighted by molar-refractivity contribution is 7.75. The third-order valence-electron chi connectivity index (χ3n) is 2.34. The summed E-state index contributed by atoms with van der Waals surface area (Å²) >= 11 is 0. The number of fused-ring (bicyclic) bond motifs is 1. The molecule has 0 radical (unpaired) electrons. The number of hydrogen-bond donors (Lipinski definition) is 0. The second-order valence-corrected chi connectivity index (χ2v) is 4.61. The van der Waals surface area contributed by atoms with Crippen molar-refractivity contribution in [2.24, 2.45) is 10.9 Å². The van der Waals surface area contributed by atoms with Crippen molar-refractivity contribution < 1.29 is 8.42 Å². The van der Waals surface area contributed by atoms with Gasteiger partial charge in [0.25, 0.3) is 0 Å². The third kappa shape index (κ3) is 1.61. The molecular weight excluding hydrogens is 210 g/mol. The molecule has 0 fully saturated rings. The maximum atomic E-state index is 11.2. The first kappa shape index (κ1) is 10.1. The van der Waals surface area contributed by atoms with Crippen molar-refractivity contribution in [2.45, 2.75) is 13.8 Å². The normalized spacial score (nSPS) is 14.1. The van der Waals surface area contributed by atoms with Gasteiger partial charge in [-0.15, -0.1) is 0 Å². The molecule has 0 atom stereocenters. The second kappa shape index (κ2) is 3.62. The Morgan fingerprint density at radius 3 is 2.47 bits per heavy atom. The van der Waals surface area contributed by atoms with Crippen LogP contribution in [0.2, 0.25) is 0 Å². The lowest BCUT2D eigenvalue weighted by Crippen LogP contribution is -2.18. The van der Waals surface area contributed by atoms with E-state index in [9.17, 15) is 8.42 Å². The van der Waals surface area contributed by atoms with Crippen LogP contribution in [0.15, 0.2) is 29.3 Å². The lowest BCUT2D eigenvalue weighted by Gasteiger charge is -2.02. The molecule has 1 aliphatic heterocycles. The van der Waals surface area contributed by atoms with Gasteiger partial charge in [0.2, 0.25) is 10.3 Å². The topological polar surface area (TPSA) is 46.5 Å². The van der Waals surface area contributed by atoms with Crippen LogP contribution in [-0.2, 0) is 10.3 Å². The van der Waals surface area contributed by atoms with Gasteiger partial charge in [0, 0.05) is 5.56 Å². The Morgan fingerprint density at radius 1 is 1.20 bits per heavy atom. The zero-order valence-electron chi connectivity index (χ0n) is 8.56. The molecule has 0 saturated carbocycles. The van der Waals surface area contributed by atoms with E-state index in [-0.39, 0.29) is 5.92 Å². The van der Waals surface area contributed by atoms with Gasteiger partial charge in [0.1, 0.15) is 4.86 Å². The molecule has 15 heavy (non-hydrogen) atoms. The van der Waals surface area contributed by atoms with Crippen molar-refractivity contribution in [1.82, 2.24) is 0 Å². The largest absolute Gasteiger partial charge is 0.251 e. The Bertz CT molecular complexity index is 560. The standard InChI is InChI=1S/C11H11NO2S/c1-7(2)10-11(15(13)14)8-5-3-4-6-9(8)12-10/h3-7H,1-2H3. The van der Waals surface area contributed by atoms with E-state index in [0.717, 1.165) is 11.3 Å². The molecular formula is C11H11NO2S. The molecule has 1 aromatic rings. The minimum Gasteiger partial charge on any atom is -0.251 e. The predicted molar refractivity (Wildman–Crippen MR) is 61.4 cm³/mol. The summed E-state index contributed by atoms with van der Waals surface area (Å²) in [7, 11) is -2.22. The maximum absolute atomic E-state index is 11.2. The molecule has 78 valence electrons. The third-order valence-corrected chi connectivity index (χ3v) is 3.10. The predicted octanol–water partition coefficient (Wildman–Crippen LogP) is 1.83. The van der Waals surface area contributed by atoms with E-state index in [4.69, 9.17) is 0 Å². The van der Waals surface area contributed by atoms with Gasteiger partial charge in [-0.2, -0.15) is 8.42 Å². The summed E-state index contributed by atoms with van der Waals surface area (Å²) in [6.07, 6.45) is 0. The second-order valence-electron chi connectivity index (χ2n) is 3.73. The molecule has 0 unspecified atom stereocenters. The van der Waals surface area contributed by atoms with Crippen LogP contribution < -0.4 is 0 Å². The Morgan fingerprint density at radius 2 is 1.87 bits per heavy atom. The fraction of sp³-hybridized carbons (Fsp3) is 0.273. The van der Waals surface area contributed by atoms with Crippen LogP contribution in [0.3, 0.4) is 0 Å². The summed E-state index contributed by atoms with van der Waals surface area (Å²) in [5.41, 5.74) is 2.12. The van der Waals surface area contributed by atoms with E-state index < -0.39 is 10.3 Å². The van der Waals surface area contributed by atoms with Crippen LogP contribution in [0.5, 0.6) is 0 Å². The molecule has 1 aromatic carbocycles. The van der Waals surface area contributed by atoms with E-state index in [1.807, 2.05) is 32.0 Å². The Balaban J connectivity index is 2.74. The van der Waals surface area contributed by atoms with E-state index in [0.29, 0.717) is 10.6 Å². The highest BCUT2D eigenvalue weighted by atomic mass is 32.2. The van der Waals surface area contributed by atoms with Gasteiger partial charge < -0.3 is 0 Å². The van der Waals surface area contributed by atoms with Gasteiger partial charge in [-0.25, -0.2) is 0 Å². The minimum absolute atomic E-state index is 0.116. The molecule has 1 aliphatic rings. The SMILES string of the molecule is CC(C)C1=Nc2ccccc2C1=S(=O)=O. The van der Waals surface area contributed by atoms with Gasteiger partial charge >= 0.3 is 0 Å². The number of para-hydroxylation sites is 1. The molecule has 0 N–H and O–H groups in total. The lowest BCUT2D eigenvalue weighted by molar-refractivity contribution is 0.627. The number of hydrogen-bond acceptors (Lipinski definition) is 3. The van der Waals surface area contributed by atoms with Crippen molar-refractivity contribution in [3.05, 3.63) is 29.8 Å². The van der Waals surface area contributed by atoms with Crippen LogP contribution >= 0.6 is 0 Å². The van der Waals surface area contributed by atoms with Crippen molar-refractivity contribution in [3.63, 3.8) is 0 Å². The molecule has 0 bridgehead atoms. The Labute approximate surface area is 90.0 Å². The van der Waals surface area contributed by atoms with E-state index in [1.165, 1.54) is 0 Å². The lowest BCUT2D eigenvalue weighted by atomic mass is 10.0. The smallest absolute Gasteiger partial charge is 0.224 e. The summed E-state index contributed by atoms with van der Waals surface area (Å²) in [6.45, 7) is 3.88. The number of nitrogens with zero attached hydrogens (tertiary/aromatic N) is 1. The molecule has 4 heteroatoms. The molecule has 0 spiro atoms. The van der Waals surface area contributed by atoms with Gasteiger partial charge in [-0.1, -0.05) is 32.0 Å². The first-order chi connectivity index (χ1) is 7.11. The van der Waals surface area contributed by atoms with Crippen LogP contribution in [0.25, 0.3) is 0 Å². The van der Waals surface area contributed by atoms with Gasteiger partial charge in [0.05, 0.1) is 11.4 Å². The van der Waals surface area contributed by atoms with Crippen LogP contribution in [0, 0.1) is 5.92 Å². The zero-order chi connectivity index (χ0) is 11.0. The fourth-order valence-electron chi connectivity index (χ4n) is 1.65. The first-order valence-electron chi connectivity index (χ1n) is 4.76. The number of aliphatic imine (C=N–C) groups is 1. The molecule has 1 heterocycles. The molecule has 2 rings (SSSR count). The molecule has 0 aromatic heterocycles. The summed E-state index contributed by atoms with van der Waals surface area (Å²) in [5.74, 6) is 0.116. The summed E-state index contributed by atoms with van der Waals surface area (Å²) < 4.78 is 22.3. The summed E-state index contributed by atoms with van der Waals surface area (Å²) in [6, 6.07) is 7.30. The fourth-order valence-corrected chi connectivity index (χ4v) is 2.45. The average molecular weight is 221 g/mol. The van der Waals surface area contributed by atoms with Crippen molar-refractivity contribution in [2.75, 3.05) is 0 Å². The monoisotopic (exact) mass is 221 g/mol. The van der Waals surface area contributed by atoms with Gasteiger partial charge in [-0.3, -0.25) is 4.99 Å². The van der Waals surface area contributed by atoms with Crippen molar-refractivity contribution in [1.29, 1.82) is 0 Å². The van der Waals surface area contributed by atoms with Gasteiger partial charge in [0.15, 0.2) is 0 Å².